The van der Waals surface area contributed by atoms with Gasteiger partial charge in [0.15, 0.2) is 0 Å². The molecule has 7 heteroatoms. The molecule has 112 valence electrons. The largest absolute Gasteiger partial charge is 0.481 e. The monoisotopic (exact) mass is 282 g/mol. The van der Waals surface area contributed by atoms with Gasteiger partial charge in [-0.3, -0.25) is 4.79 Å². The Morgan fingerprint density at radius 3 is 2.70 bits per heavy atom. The minimum atomic E-state index is -0.839. The molecule has 0 aliphatic heterocycles. The van der Waals surface area contributed by atoms with Gasteiger partial charge in [-0.05, 0) is 18.3 Å². The third-order valence-corrected chi connectivity index (χ3v) is 2.79. The first kappa shape index (κ1) is 16.0. The second-order valence-corrected chi connectivity index (χ2v) is 5.19. The molecule has 1 heterocycles. The molecule has 20 heavy (non-hydrogen) atoms. The van der Waals surface area contributed by atoms with Gasteiger partial charge in [-0.1, -0.05) is 13.8 Å². The van der Waals surface area contributed by atoms with Crippen LogP contribution in [0.25, 0.3) is 0 Å². The summed E-state index contributed by atoms with van der Waals surface area (Å²) in [7, 11) is 0. The van der Waals surface area contributed by atoms with Gasteiger partial charge in [-0.15, -0.1) is 0 Å². The van der Waals surface area contributed by atoms with Crippen LogP contribution in [-0.4, -0.2) is 33.6 Å². The second-order valence-electron chi connectivity index (χ2n) is 5.19. The summed E-state index contributed by atoms with van der Waals surface area (Å²) in [5, 5.41) is 14.2. The number of carboxylic acid groups (broad SMARTS) is 1. The molecule has 0 aromatic carbocycles. The highest BCUT2D eigenvalue weighted by molar-refractivity contribution is 5.73. The first-order chi connectivity index (χ1) is 9.47. The van der Waals surface area contributed by atoms with Gasteiger partial charge >= 0.3 is 12.0 Å². The third-order valence-electron chi connectivity index (χ3n) is 2.79. The fourth-order valence-corrected chi connectivity index (χ4v) is 2.01. The van der Waals surface area contributed by atoms with Crippen LogP contribution in [0.1, 0.15) is 32.5 Å². The van der Waals surface area contributed by atoms with Gasteiger partial charge in [0.2, 0.25) is 0 Å². The van der Waals surface area contributed by atoms with Crippen LogP contribution in [0.5, 0.6) is 0 Å². The Kier molecular flexibility index (Phi) is 6.55. The number of imidazole rings is 1. The number of carbonyl (C=O) groups excluding carboxylic acids is 1. The van der Waals surface area contributed by atoms with E-state index in [2.05, 4.69) is 20.6 Å². The van der Waals surface area contributed by atoms with Crippen LogP contribution in [0.3, 0.4) is 0 Å². The number of urea groups is 1. The quantitative estimate of drug-likeness (QED) is 0.577. The van der Waals surface area contributed by atoms with Crippen molar-refractivity contribution in [3.05, 3.63) is 18.2 Å². The summed E-state index contributed by atoms with van der Waals surface area (Å²) in [6, 6.07) is -0.319. The summed E-state index contributed by atoms with van der Waals surface area (Å²) in [5.41, 5.74) is 0. The maximum Gasteiger partial charge on any atom is 0.315 e. The normalized spacial score (nSPS) is 12.2. The number of amides is 2. The van der Waals surface area contributed by atoms with Crippen molar-refractivity contribution in [2.24, 2.45) is 11.8 Å². The van der Waals surface area contributed by atoms with E-state index in [-0.39, 0.29) is 18.4 Å². The number of hydrogen-bond acceptors (Lipinski definition) is 3. The number of nitrogens with zero attached hydrogens (tertiary/aromatic N) is 1. The van der Waals surface area contributed by atoms with E-state index in [1.165, 1.54) is 0 Å². The molecular formula is C13H22N4O3. The van der Waals surface area contributed by atoms with Crippen molar-refractivity contribution in [3.8, 4) is 0 Å². The lowest BCUT2D eigenvalue weighted by Gasteiger charge is -2.17. The van der Waals surface area contributed by atoms with E-state index in [1.807, 2.05) is 13.8 Å². The van der Waals surface area contributed by atoms with E-state index >= 15 is 0 Å². The average Bonchev–Trinajstić information content (AvgIpc) is 2.85. The Morgan fingerprint density at radius 2 is 2.15 bits per heavy atom. The first-order valence-corrected chi connectivity index (χ1v) is 6.69. The first-order valence-electron chi connectivity index (χ1n) is 6.69. The van der Waals surface area contributed by atoms with Crippen molar-refractivity contribution in [1.29, 1.82) is 0 Å². The van der Waals surface area contributed by atoms with E-state index in [1.54, 1.807) is 12.4 Å². The fraction of sp³-hybridized carbons (Fsp3) is 0.615. The highest BCUT2D eigenvalue weighted by Crippen LogP contribution is 2.14. The van der Waals surface area contributed by atoms with E-state index in [4.69, 9.17) is 5.11 Å². The molecule has 0 fully saturated rings. The standard InChI is InChI=1S/C13H22N4O3/c1-9(2)5-10(6-12(18)19)7-16-13(20)17-8-11-14-3-4-15-11/h3-4,9-10H,5-8H2,1-2H3,(H,14,15)(H,18,19)(H2,16,17,20)/t10-/m0/s1. The summed E-state index contributed by atoms with van der Waals surface area (Å²) in [6.07, 6.45) is 4.13. The molecule has 0 saturated carbocycles. The van der Waals surface area contributed by atoms with Gasteiger partial charge in [0.05, 0.1) is 6.54 Å². The van der Waals surface area contributed by atoms with Crippen LogP contribution >= 0.6 is 0 Å². The Morgan fingerprint density at radius 1 is 1.40 bits per heavy atom. The Hall–Kier alpha value is -2.05. The molecule has 0 bridgehead atoms. The number of rotatable bonds is 8. The molecule has 0 radical (unpaired) electrons. The maximum absolute atomic E-state index is 11.6. The fourth-order valence-electron chi connectivity index (χ4n) is 2.01. The average molecular weight is 282 g/mol. The highest BCUT2D eigenvalue weighted by atomic mass is 16.4. The SMILES string of the molecule is CC(C)C[C@H](CNC(=O)NCc1ncc[nH]1)CC(=O)O. The molecule has 1 rings (SSSR count). The zero-order chi connectivity index (χ0) is 15.0. The number of aromatic nitrogens is 2. The number of hydrogen-bond donors (Lipinski definition) is 4. The van der Waals surface area contributed by atoms with Crippen LogP contribution < -0.4 is 10.6 Å². The van der Waals surface area contributed by atoms with Crippen LogP contribution in [0.15, 0.2) is 12.4 Å². The van der Waals surface area contributed by atoms with Gasteiger partial charge in [0.25, 0.3) is 0 Å². The van der Waals surface area contributed by atoms with Gasteiger partial charge in [-0.2, -0.15) is 0 Å². The Labute approximate surface area is 118 Å². The zero-order valence-corrected chi connectivity index (χ0v) is 11.8. The zero-order valence-electron chi connectivity index (χ0n) is 11.8. The number of aromatic amines is 1. The predicted molar refractivity (Wildman–Crippen MR) is 74.0 cm³/mol. The number of aliphatic carboxylic acids is 1. The van der Waals surface area contributed by atoms with Crippen molar-refractivity contribution >= 4 is 12.0 Å². The lowest BCUT2D eigenvalue weighted by Crippen LogP contribution is -2.38. The summed E-state index contributed by atoms with van der Waals surface area (Å²) in [6.45, 7) is 4.73. The summed E-state index contributed by atoms with van der Waals surface area (Å²) in [4.78, 5) is 29.2. The Balaban J connectivity index is 2.30. The predicted octanol–water partition coefficient (Wildman–Crippen LogP) is 1.35. The smallest absolute Gasteiger partial charge is 0.315 e. The molecule has 2 amide bonds. The molecule has 0 unspecified atom stereocenters. The number of carbonyl (C=O) groups is 2. The van der Waals surface area contributed by atoms with Crippen LogP contribution in [-0.2, 0) is 11.3 Å². The second kappa shape index (κ2) is 8.19. The summed E-state index contributed by atoms with van der Waals surface area (Å²) >= 11 is 0. The molecule has 1 atom stereocenters. The van der Waals surface area contributed by atoms with Crippen molar-refractivity contribution in [2.75, 3.05) is 6.54 Å². The molecule has 0 spiro atoms. The molecule has 0 aliphatic carbocycles. The maximum atomic E-state index is 11.6. The van der Waals surface area contributed by atoms with Crippen LogP contribution in [0.2, 0.25) is 0 Å². The number of H-pyrrole nitrogens is 1. The van der Waals surface area contributed by atoms with Gasteiger partial charge in [0, 0.05) is 25.4 Å². The molecule has 1 aromatic heterocycles. The summed E-state index contributed by atoms with van der Waals surface area (Å²) in [5.74, 6) is 0.173. The minimum absolute atomic E-state index is 0.0538. The number of carboxylic acids is 1. The molecule has 7 nitrogen and oxygen atoms in total. The highest BCUT2D eigenvalue weighted by Gasteiger charge is 2.16. The van der Waals surface area contributed by atoms with Crippen molar-refractivity contribution in [1.82, 2.24) is 20.6 Å². The van der Waals surface area contributed by atoms with Crippen molar-refractivity contribution in [3.63, 3.8) is 0 Å². The Bertz CT molecular complexity index is 417. The third kappa shape index (κ3) is 6.77. The molecule has 1 aromatic rings. The van der Waals surface area contributed by atoms with E-state index in [9.17, 15) is 9.59 Å². The van der Waals surface area contributed by atoms with E-state index in [0.29, 0.717) is 24.8 Å². The van der Waals surface area contributed by atoms with Crippen LogP contribution in [0.4, 0.5) is 4.79 Å². The topological polar surface area (TPSA) is 107 Å². The van der Waals surface area contributed by atoms with Crippen molar-refractivity contribution < 1.29 is 14.7 Å². The number of nitrogens with one attached hydrogen (secondary N) is 3. The van der Waals surface area contributed by atoms with Gasteiger partial charge in [0.1, 0.15) is 5.82 Å². The minimum Gasteiger partial charge on any atom is -0.481 e. The molecular weight excluding hydrogens is 260 g/mol. The van der Waals surface area contributed by atoms with E-state index in [0.717, 1.165) is 6.42 Å². The van der Waals surface area contributed by atoms with E-state index < -0.39 is 5.97 Å². The van der Waals surface area contributed by atoms with Crippen LogP contribution in [0, 0.1) is 11.8 Å². The van der Waals surface area contributed by atoms with Crippen molar-refractivity contribution in [2.45, 2.75) is 33.2 Å². The molecule has 4 N–H and O–H groups in total. The molecule has 0 saturated heterocycles. The summed E-state index contributed by atoms with van der Waals surface area (Å²) < 4.78 is 0. The van der Waals surface area contributed by atoms with Gasteiger partial charge < -0.3 is 20.7 Å². The lowest BCUT2D eigenvalue weighted by atomic mass is 9.94. The molecule has 0 aliphatic rings. The lowest BCUT2D eigenvalue weighted by molar-refractivity contribution is -0.138. The van der Waals surface area contributed by atoms with Gasteiger partial charge in [-0.25, -0.2) is 9.78 Å².